The van der Waals surface area contributed by atoms with Gasteiger partial charge in [0.25, 0.3) is 0 Å². The third kappa shape index (κ3) is 3.61. The summed E-state index contributed by atoms with van der Waals surface area (Å²) in [6.45, 7) is 4.11. The number of carbonyl (C=O) groups excluding carboxylic acids is 1. The van der Waals surface area contributed by atoms with Crippen molar-refractivity contribution in [3.63, 3.8) is 0 Å². The summed E-state index contributed by atoms with van der Waals surface area (Å²) in [7, 11) is 0. The van der Waals surface area contributed by atoms with Gasteiger partial charge < -0.3 is 5.73 Å². The first-order valence-electron chi connectivity index (χ1n) is 5.59. The lowest BCUT2D eigenvalue weighted by Gasteiger charge is -2.24. The fourth-order valence-electron chi connectivity index (χ4n) is 1.57. The van der Waals surface area contributed by atoms with Crippen molar-refractivity contribution in [3.05, 3.63) is 34.1 Å². The van der Waals surface area contributed by atoms with Crippen LogP contribution in [0, 0.1) is 11.2 Å². The lowest BCUT2D eigenvalue weighted by Crippen LogP contribution is -2.36. The maximum absolute atomic E-state index is 13.2. The van der Waals surface area contributed by atoms with Crippen LogP contribution >= 0.6 is 15.9 Å². The van der Waals surface area contributed by atoms with E-state index >= 15 is 0 Å². The van der Waals surface area contributed by atoms with E-state index in [4.69, 9.17) is 5.73 Å². The lowest BCUT2D eigenvalue weighted by molar-refractivity contribution is -0.126. The number of hydrogen-bond donors (Lipinski definition) is 1. The Labute approximate surface area is 110 Å². The largest absolute Gasteiger partial charge is 0.329 e. The predicted molar refractivity (Wildman–Crippen MR) is 70.3 cm³/mol. The Hall–Kier alpha value is -0.740. The second-order valence-corrected chi connectivity index (χ2v) is 5.41. The highest BCUT2D eigenvalue weighted by atomic mass is 79.9. The molecule has 2 N–H and O–H groups in total. The molecular weight excluding hydrogens is 285 g/mol. The number of ketones is 1. The van der Waals surface area contributed by atoms with Crippen LogP contribution in [0.4, 0.5) is 4.39 Å². The van der Waals surface area contributed by atoms with Crippen LogP contribution in [0.25, 0.3) is 0 Å². The first kappa shape index (κ1) is 14.3. The molecule has 0 fully saturated rings. The average Bonchev–Trinajstić information content (AvgIpc) is 2.26. The van der Waals surface area contributed by atoms with Gasteiger partial charge in [-0.05, 0) is 30.2 Å². The molecule has 0 spiro atoms. The Morgan fingerprint density at radius 1 is 1.47 bits per heavy atom. The fourth-order valence-corrected chi connectivity index (χ4v) is 2.08. The molecule has 17 heavy (non-hydrogen) atoms. The molecular formula is C13H17BrFNO. The summed E-state index contributed by atoms with van der Waals surface area (Å²) in [4.78, 5) is 12.1. The topological polar surface area (TPSA) is 43.1 Å². The molecule has 1 aromatic rings. The van der Waals surface area contributed by atoms with Crippen LogP contribution in [0.15, 0.2) is 22.7 Å². The number of nitrogens with two attached hydrogens (primary N) is 1. The number of halogens is 2. The van der Waals surface area contributed by atoms with Crippen LogP contribution in [0.3, 0.4) is 0 Å². The van der Waals surface area contributed by atoms with Crippen LogP contribution in [0.1, 0.15) is 25.8 Å². The van der Waals surface area contributed by atoms with Crippen LogP contribution < -0.4 is 5.73 Å². The van der Waals surface area contributed by atoms with E-state index in [0.717, 1.165) is 0 Å². The van der Waals surface area contributed by atoms with Gasteiger partial charge in [0.1, 0.15) is 11.6 Å². The highest BCUT2D eigenvalue weighted by Gasteiger charge is 2.29. The predicted octanol–water partition coefficient (Wildman–Crippen LogP) is 3.07. The highest BCUT2D eigenvalue weighted by Crippen LogP contribution is 2.24. The Bertz CT molecular complexity index is 396. The number of rotatable bonds is 5. The second-order valence-electron chi connectivity index (χ2n) is 4.50. The monoisotopic (exact) mass is 301 g/mol. The van der Waals surface area contributed by atoms with Gasteiger partial charge in [0.15, 0.2) is 0 Å². The standard InChI is InChI=1S/C13H17BrFNO/c1-3-13(2,8-16)12(17)6-9-4-10(14)7-11(15)5-9/h4-5,7H,3,6,8,16H2,1-2H3. The summed E-state index contributed by atoms with van der Waals surface area (Å²) in [5.41, 5.74) is 5.79. The van der Waals surface area contributed by atoms with E-state index in [-0.39, 0.29) is 18.0 Å². The summed E-state index contributed by atoms with van der Waals surface area (Å²) in [5, 5.41) is 0. The van der Waals surface area contributed by atoms with E-state index in [1.807, 2.05) is 13.8 Å². The summed E-state index contributed by atoms with van der Waals surface area (Å²) >= 11 is 3.21. The Kier molecular flexibility index (Phi) is 4.83. The van der Waals surface area contributed by atoms with Gasteiger partial charge in [-0.25, -0.2) is 4.39 Å². The van der Waals surface area contributed by atoms with E-state index in [9.17, 15) is 9.18 Å². The van der Waals surface area contributed by atoms with Gasteiger partial charge in [0, 0.05) is 22.9 Å². The van der Waals surface area contributed by atoms with Crippen LogP contribution in [-0.4, -0.2) is 12.3 Å². The Morgan fingerprint density at radius 2 is 2.12 bits per heavy atom. The molecule has 4 heteroatoms. The molecule has 0 bridgehead atoms. The van der Waals surface area contributed by atoms with Crippen molar-refractivity contribution in [1.82, 2.24) is 0 Å². The maximum Gasteiger partial charge on any atom is 0.144 e. The van der Waals surface area contributed by atoms with Crippen LogP contribution in [-0.2, 0) is 11.2 Å². The number of Topliss-reactive ketones (excluding diaryl/α,β-unsaturated/α-hetero) is 1. The van der Waals surface area contributed by atoms with Crippen LogP contribution in [0.5, 0.6) is 0 Å². The summed E-state index contributed by atoms with van der Waals surface area (Å²) in [5.74, 6) is -0.284. The molecule has 0 amide bonds. The number of hydrogen-bond acceptors (Lipinski definition) is 2. The minimum absolute atomic E-state index is 0.0556. The van der Waals surface area contributed by atoms with Gasteiger partial charge in [0.2, 0.25) is 0 Å². The third-order valence-corrected chi connectivity index (χ3v) is 3.65. The van der Waals surface area contributed by atoms with Crippen molar-refractivity contribution in [2.75, 3.05) is 6.54 Å². The zero-order chi connectivity index (χ0) is 13.1. The molecule has 0 saturated heterocycles. The second kappa shape index (κ2) is 5.74. The van der Waals surface area contributed by atoms with Crippen molar-refractivity contribution in [3.8, 4) is 0 Å². The molecule has 2 nitrogen and oxygen atoms in total. The van der Waals surface area contributed by atoms with Gasteiger partial charge in [-0.15, -0.1) is 0 Å². The minimum Gasteiger partial charge on any atom is -0.329 e. The average molecular weight is 302 g/mol. The molecule has 0 heterocycles. The van der Waals surface area contributed by atoms with E-state index in [1.165, 1.54) is 12.1 Å². The fraction of sp³-hybridized carbons (Fsp3) is 0.462. The molecule has 0 aliphatic heterocycles. The van der Waals surface area contributed by atoms with Crippen molar-refractivity contribution in [2.24, 2.45) is 11.1 Å². The minimum atomic E-state index is -0.515. The van der Waals surface area contributed by atoms with E-state index in [0.29, 0.717) is 23.0 Å². The quantitative estimate of drug-likeness (QED) is 0.908. The molecule has 0 radical (unpaired) electrons. The molecule has 0 aliphatic carbocycles. The first-order chi connectivity index (χ1) is 7.91. The molecule has 0 saturated carbocycles. The van der Waals surface area contributed by atoms with Gasteiger partial charge >= 0.3 is 0 Å². The smallest absolute Gasteiger partial charge is 0.144 e. The Balaban J connectivity index is 2.87. The molecule has 94 valence electrons. The van der Waals surface area contributed by atoms with Gasteiger partial charge in [-0.2, -0.15) is 0 Å². The first-order valence-corrected chi connectivity index (χ1v) is 6.39. The zero-order valence-corrected chi connectivity index (χ0v) is 11.7. The van der Waals surface area contributed by atoms with Crippen molar-refractivity contribution >= 4 is 21.7 Å². The van der Waals surface area contributed by atoms with Crippen molar-refractivity contribution in [1.29, 1.82) is 0 Å². The molecule has 1 rings (SSSR count). The number of carbonyl (C=O) groups is 1. The summed E-state index contributed by atoms with van der Waals surface area (Å²) in [6, 6.07) is 4.51. The van der Waals surface area contributed by atoms with Crippen molar-refractivity contribution < 1.29 is 9.18 Å². The van der Waals surface area contributed by atoms with Crippen LogP contribution in [0.2, 0.25) is 0 Å². The Morgan fingerprint density at radius 3 is 2.59 bits per heavy atom. The highest BCUT2D eigenvalue weighted by molar-refractivity contribution is 9.10. The number of benzene rings is 1. The third-order valence-electron chi connectivity index (χ3n) is 3.19. The lowest BCUT2D eigenvalue weighted by atomic mass is 9.80. The van der Waals surface area contributed by atoms with E-state index < -0.39 is 5.41 Å². The summed E-state index contributed by atoms with van der Waals surface area (Å²) < 4.78 is 13.8. The summed E-state index contributed by atoms with van der Waals surface area (Å²) in [6.07, 6.45) is 0.913. The molecule has 1 unspecified atom stereocenters. The molecule has 1 atom stereocenters. The van der Waals surface area contributed by atoms with Crippen molar-refractivity contribution in [2.45, 2.75) is 26.7 Å². The van der Waals surface area contributed by atoms with E-state index in [2.05, 4.69) is 15.9 Å². The van der Waals surface area contributed by atoms with Gasteiger partial charge in [0.05, 0.1) is 0 Å². The SMILES string of the molecule is CCC(C)(CN)C(=O)Cc1cc(F)cc(Br)c1. The normalized spacial score (nSPS) is 14.4. The van der Waals surface area contributed by atoms with E-state index in [1.54, 1.807) is 6.07 Å². The van der Waals surface area contributed by atoms with Gasteiger partial charge in [-0.3, -0.25) is 4.79 Å². The molecule has 0 aromatic heterocycles. The maximum atomic E-state index is 13.2. The van der Waals surface area contributed by atoms with Gasteiger partial charge in [-0.1, -0.05) is 29.8 Å². The zero-order valence-electron chi connectivity index (χ0n) is 10.1. The molecule has 1 aromatic carbocycles. The molecule has 0 aliphatic rings.